The molecule has 5 heteroatoms. The summed E-state index contributed by atoms with van der Waals surface area (Å²) in [7, 11) is 3.99. The normalized spacial score (nSPS) is 24.0. The summed E-state index contributed by atoms with van der Waals surface area (Å²) >= 11 is 0. The lowest BCUT2D eigenvalue weighted by Crippen LogP contribution is -2.34. The molecule has 1 aromatic carbocycles. The molecule has 0 saturated carbocycles. The molecule has 1 heterocycles. The maximum Gasteiger partial charge on any atom is 0.184 e. The quantitative estimate of drug-likeness (QED) is 0.820. The van der Waals surface area contributed by atoms with E-state index in [1.807, 2.05) is 19.0 Å². The monoisotopic (exact) mass is 255 g/mol. The Kier molecular flexibility index (Phi) is 3.43. The second-order valence-electron chi connectivity index (χ2n) is 5.21. The molecule has 0 aromatic heterocycles. The maximum atomic E-state index is 13.9. The highest BCUT2D eigenvalue weighted by atomic mass is 19.2. The standard InChI is InChI=1S/C13H19F2N3/c1-8-6-18(7-11(8)17(2)3)13-10(16)5-4-9(14)12(13)15/h4-5,8,11H,6-7,16H2,1-3H3. The van der Waals surface area contributed by atoms with Gasteiger partial charge in [-0.25, -0.2) is 8.78 Å². The average Bonchev–Trinajstić information content (AvgIpc) is 2.66. The number of benzene rings is 1. The van der Waals surface area contributed by atoms with Gasteiger partial charge in [0.25, 0.3) is 0 Å². The van der Waals surface area contributed by atoms with Crippen molar-refractivity contribution in [3.05, 3.63) is 23.8 Å². The SMILES string of the molecule is CC1CN(c2c(N)ccc(F)c2F)CC1N(C)C. The zero-order valence-electron chi connectivity index (χ0n) is 11.0. The molecule has 1 saturated heterocycles. The molecule has 0 aliphatic carbocycles. The van der Waals surface area contributed by atoms with Crippen LogP contribution < -0.4 is 10.6 Å². The first-order valence-corrected chi connectivity index (χ1v) is 6.06. The van der Waals surface area contributed by atoms with E-state index in [-0.39, 0.29) is 5.69 Å². The second-order valence-corrected chi connectivity index (χ2v) is 5.21. The third kappa shape index (κ3) is 2.14. The summed E-state index contributed by atoms with van der Waals surface area (Å²) in [5, 5.41) is 0. The molecular formula is C13H19F2N3. The number of halogens is 2. The van der Waals surface area contributed by atoms with Gasteiger partial charge in [-0.05, 0) is 32.1 Å². The number of hydrogen-bond acceptors (Lipinski definition) is 3. The zero-order valence-corrected chi connectivity index (χ0v) is 11.0. The molecule has 1 fully saturated rings. The summed E-state index contributed by atoms with van der Waals surface area (Å²) in [6.07, 6.45) is 0. The lowest BCUT2D eigenvalue weighted by molar-refractivity contribution is 0.266. The van der Waals surface area contributed by atoms with Crippen LogP contribution in [0.15, 0.2) is 12.1 Å². The van der Waals surface area contributed by atoms with Crippen molar-refractivity contribution in [2.45, 2.75) is 13.0 Å². The Morgan fingerprint density at radius 1 is 1.28 bits per heavy atom. The number of rotatable bonds is 2. The van der Waals surface area contributed by atoms with Crippen LogP contribution in [0, 0.1) is 17.6 Å². The summed E-state index contributed by atoms with van der Waals surface area (Å²) in [4.78, 5) is 3.95. The Labute approximate surface area is 106 Å². The van der Waals surface area contributed by atoms with Crippen molar-refractivity contribution in [2.75, 3.05) is 37.8 Å². The second kappa shape index (κ2) is 4.72. The Hall–Kier alpha value is -1.36. The van der Waals surface area contributed by atoms with Crippen LogP contribution in [0.5, 0.6) is 0 Å². The van der Waals surface area contributed by atoms with Gasteiger partial charge in [0.1, 0.15) is 0 Å². The smallest absolute Gasteiger partial charge is 0.184 e. The van der Waals surface area contributed by atoms with Crippen molar-refractivity contribution in [1.29, 1.82) is 0 Å². The third-order valence-electron chi connectivity index (χ3n) is 3.65. The summed E-state index contributed by atoms with van der Waals surface area (Å²) < 4.78 is 27.2. The highest BCUT2D eigenvalue weighted by Crippen LogP contribution is 2.33. The Morgan fingerprint density at radius 2 is 1.94 bits per heavy atom. The van der Waals surface area contributed by atoms with Gasteiger partial charge in [0.2, 0.25) is 0 Å². The number of likely N-dealkylation sites (N-methyl/N-ethyl adjacent to an activating group) is 1. The minimum Gasteiger partial charge on any atom is -0.397 e. The molecule has 18 heavy (non-hydrogen) atoms. The summed E-state index contributed by atoms with van der Waals surface area (Å²) in [6, 6.07) is 2.81. The summed E-state index contributed by atoms with van der Waals surface area (Å²) in [5.74, 6) is -1.30. The van der Waals surface area contributed by atoms with Gasteiger partial charge in [0.15, 0.2) is 11.6 Å². The van der Waals surface area contributed by atoms with E-state index in [1.54, 1.807) is 0 Å². The van der Waals surface area contributed by atoms with Crippen LogP contribution in [0.4, 0.5) is 20.2 Å². The Bertz CT molecular complexity index is 448. The van der Waals surface area contributed by atoms with Crippen LogP contribution in [0.2, 0.25) is 0 Å². The molecule has 2 rings (SSSR count). The van der Waals surface area contributed by atoms with Crippen LogP contribution in [0.1, 0.15) is 6.92 Å². The fourth-order valence-corrected chi connectivity index (χ4v) is 2.68. The largest absolute Gasteiger partial charge is 0.397 e. The van der Waals surface area contributed by atoms with Gasteiger partial charge in [0.05, 0.1) is 11.4 Å². The first-order valence-electron chi connectivity index (χ1n) is 6.06. The lowest BCUT2D eigenvalue weighted by Gasteiger charge is -2.24. The van der Waals surface area contributed by atoms with Gasteiger partial charge in [0, 0.05) is 19.1 Å². The molecular weight excluding hydrogens is 236 g/mol. The Balaban J connectivity index is 2.32. The van der Waals surface area contributed by atoms with E-state index in [2.05, 4.69) is 11.8 Å². The van der Waals surface area contributed by atoms with E-state index in [0.717, 1.165) is 6.07 Å². The number of nitrogens with two attached hydrogens (primary N) is 1. The van der Waals surface area contributed by atoms with Crippen LogP contribution >= 0.6 is 0 Å². The van der Waals surface area contributed by atoms with Gasteiger partial charge >= 0.3 is 0 Å². The molecule has 2 unspecified atom stereocenters. The molecule has 100 valence electrons. The van der Waals surface area contributed by atoms with Crippen molar-refractivity contribution in [2.24, 2.45) is 5.92 Å². The predicted molar refractivity (Wildman–Crippen MR) is 69.6 cm³/mol. The molecule has 2 N–H and O–H groups in total. The van der Waals surface area contributed by atoms with Gasteiger partial charge < -0.3 is 15.5 Å². The third-order valence-corrected chi connectivity index (χ3v) is 3.65. The number of nitrogen functional groups attached to an aromatic ring is 1. The van der Waals surface area contributed by atoms with E-state index >= 15 is 0 Å². The van der Waals surface area contributed by atoms with Crippen molar-refractivity contribution in [1.82, 2.24) is 4.90 Å². The van der Waals surface area contributed by atoms with Gasteiger partial charge in [-0.2, -0.15) is 0 Å². The van der Waals surface area contributed by atoms with Gasteiger partial charge in [-0.15, -0.1) is 0 Å². The molecule has 0 bridgehead atoms. The first-order chi connectivity index (χ1) is 8.41. The fraction of sp³-hybridized carbons (Fsp3) is 0.538. The van der Waals surface area contributed by atoms with Gasteiger partial charge in [-0.3, -0.25) is 0 Å². The van der Waals surface area contributed by atoms with Crippen LogP contribution in [-0.2, 0) is 0 Å². The van der Waals surface area contributed by atoms with Crippen LogP contribution in [-0.4, -0.2) is 38.1 Å². The highest BCUT2D eigenvalue weighted by molar-refractivity contribution is 5.69. The van der Waals surface area contributed by atoms with E-state index in [1.165, 1.54) is 6.07 Å². The topological polar surface area (TPSA) is 32.5 Å². The number of anilines is 2. The van der Waals surface area contributed by atoms with Crippen molar-refractivity contribution in [3.8, 4) is 0 Å². The summed E-state index contributed by atoms with van der Waals surface area (Å²) in [5.41, 5.74) is 6.27. The zero-order chi connectivity index (χ0) is 13.4. The molecule has 0 amide bonds. The molecule has 0 spiro atoms. The molecule has 1 aliphatic rings. The lowest BCUT2D eigenvalue weighted by atomic mass is 10.1. The minimum absolute atomic E-state index is 0.200. The van der Waals surface area contributed by atoms with E-state index < -0.39 is 11.6 Å². The maximum absolute atomic E-state index is 13.9. The first kappa shape index (κ1) is 13.1. The number of nitrogens with zero attached hydrogens (tertiary/aromatic N) is 2. The van der Waals surface area contributed by atoms with Gasteiger partial charge in [-0.1, -0.05) is 6.92 Å². The van der Waals surface area contributed by atoms with Crippen LogP contribution in [0.3, 0.4) is 0 Å². The fourth-order valence-electron chi connectivity index (χ4n) is 2.68. The molecule has 1 aromatic rings. The van der Waals surface area contributed by atoms with Crippen molar-refractivity contribution < 1.29 is 8.78 Å². The predicted octanol–water partition coefficient (Wildman–Crippen LogP) is 1.93. The Morgan fingerprint density at radius 3 is 2.50 bits per heavy atom. The van der Waals surface area contributed by atoms with E-state index in [9.17, 15) is 8.78 Å². The van der Waals surface area contributed by atoms with Crippen LogP contribution in [0.25, 0.3) is 0 Å². The molecule has 0 radical (unpaired) electrons. The molecule has 1 aliphatic heterocycles. The average molecular weight is 255 g/mol. The highest BCUT2D eigenvalue weighted by Gasteiger charge is 2.33. The molecule has 2 atom stereocenters. The van der Waals surface area contributed by atoms with E-state index in [4.69, 9.17) is 5.73 Å². The van der Waals surface area contributed by atoms with E-state index in [0.29, 0.717) is 30.7 Å². The minimum atomic E-state index is -0.847. The van der Waals surface area contributed by atoms with Crippen molar-refractivity contribution in [3.63, 3.8) is 0 Å². The summed E-state index contributed by atoms with van der Waals surface area (Å²) in [6.45, 7) is 3.46. The van der Waals surface area contributed by atoms with Crippen molar-refractivity contribution >= 4 is 11.4 Å². The number of hydrogen-bond donors (Lipinski definition) is 1. The molecule has 3 nitrogen and oxygen atoms in total.